The second-order valence-corrected chi connectivity index (χ2v) is 8.72. The maximum atomic E-state index is 12.8. The average Bonchev–Trinajstić information content (AvgIpc) is 3.23. The first kappa shape index (κ1) is 16.0. The van der Waals surface area contributed by atoms with Crippen LogP contribution in [0.25, 0.3) is 15.9 Å². The third-order valence-electron chi connectivity index (χ3n) is 5.38. The predicted octanol–water partition coefficient (Wildman–Crippen LogP) is 1.82. The molecular weight excluding hydrogens is 350 g/mol. The smallest absolute Gasteiger partial charge is 0.352 e. The molecule has 1 fully saturated rings. The highest BCUT2D eigenvalue weighted by molar-refractivity contribution is 7.19. The number of hydrogen-bond donors (Lipinski definition) is 1. The first-order chi connectivity index (χ1) is 12.5. The van der Waals surface area contributed by atoms with Gasteiger partial charge in [-0.1, -0.05) is 6.92 Å². The lowest BCUT2D eigenvalue weighted by atomic mass is 9.89. The summed E-state index contributed by atoms with van der Waals surface area (Å²) in [6.45, 7) is 4.06. The summed E-state index contributed by atoms with van der Waals surface area (Å²) in [5.74, 6) is 1.15. The van der Waals surface area contributed by atoms with Crippen molar-refractivity contribution in [1.29, 1.82) is 0 Å². The van der Waals surface area contributed by atoms with E-state index in [-0.39, 0.29) is 24.2 Å². The molecule has 2 aliphatic rings. The molecular formula is C18H21N5O2S. The van der Waals surface area contributed by atoms with E-state index in [1.165, 1.54) is 15.1 Å². The molecule has 1 amide bonds. The molecule has 2 aliphatic carbocycles. The van der Waals surface area contributed by atoms with Gasteiger partial charge in [-0.15, -0.1) is 16.4 Å². The molecule has 0 radical (unpaired) electrons. The van der Waals surface area contributed by atoms with Crippen molar-refractivity contribution in [3.63, 3.8) is 0 Å². The molecule has 3 aromatic heterocycles. The lowest BCUT2D eigenvalue weighted by molar-refractivity contribution is -0.122. The van der Waals surface area contributed by atoms with Crippen molar-refractivity contribution in [2.24, 2.45) is 5.92 Å². The Morgan fingerprint density at radius 3 is 2.92 bits per heavy atom. The van der Waals surface area contributed by atoms with Gasteiger partial charge in [0.25, 0.3) is 0 Å². The van der Waals surface area contributed by atoms with Crippen molar-refractivity contribution in [2.75, 3.05) is 0 Å². The summed E-state index contributed by atoms with van der Waals surface area (Å²) >= 11 is 1.72. The number of nitrogens with zero attached hydrogens (tertiary/aromatic N) is 4. The minimum atomic E-state index is -0.290. The number of nitrogens with one attached hydrogen (secondary N) is 1. The van der Waals surface area contributed by atoms with E-state index in [0.29, 0.717) is 17.4 Å². The lowest BCUT2D eigenvalue weighted by Crippen LogP contribution is -2.34. The number of carbonyl (C=O) groups is 1. The van der Waals surface area contributed by atoms with Gasteiger partial charge < -0.3 is 5.32 Å². The Bertz CT molecular complexity index is 1100. The summed E-state index contributed by atoms with van der Waals surface area (Å²) in [4.78, 5) is 31.9. The Labute approximate surface area is 154 Å². The zero-order chi connectivity index (χ0) is 18.0. The van der Waals surface area contributed by atoms with Crippen LogP contribution < -0.4 is 11.0 Å². The van der Waals surface area contributed by atoms with Crippen LogP contribution in [0.15, 0.2) is 4.79 Å². The van der Waals surface area contributed by atoms with Gasteiger partial charge in [0.1, 0.15) is 17.2 Å². The third kappa shape index (κ3) is 2.46. The fourth-order valence-electron chi connectivity index (χ4n) is 3.84. The van der Waals surface area contributed by atoms with E-state index in [2.05, 4.69) is 22.3 Å². The SMILES string of the molecule is Cc1nc2sc3c(c2c2nn(CC(=O)NC4CC4)c(=O)n12)CC[C@H](C)C3. The Hall–Kier alpha value is -2.22. The molecule has 136 valence electrons. The highest BCUT2D eigenvalue weighted by atomic mass is 32.1. The van der Waals surface area contributed by atoms with Crippen molar-refractivity contribution in [1.82, 2.24) is 24.5 Å². The van der Waals surface area contributed by atoms with E-state index < -0.39 is 0 Å². The highest BCUT2D eigenvalue weighted by Gasteiger charge is 2.26. The van der Waals surface area contributed by atoms with E-state index in [0.717, 1.165) is 42.3 Å². The van der Waals surface area contributed by atoms with Gasteiger partial charge in [-0.05, 0) is 50.5 Å². The fourth-order valence-corrected chi connectivity index (χ4v) is 5.27. The number of aryl methyl sites for hydroxylation is 2. The van der Waals surface area contributed by atoms with E-state index in [1.54, 1.807) is 15.7 Å². The first-order valence-electron chi connectivity index (χ1n) is 9.21. The van der Waals surface area contributed by atoms with Gasteiger partial charge in [0.2, 0.25) is 5.91 Å². The van der Waals surface area contributed by atoms with Gasteiger partial charge in [-0.3, -0.25) is 4.79 Å². The summed E-state index contributed by atoms with van der Waals surface area (Å²) in [5, 5.41) is 8.46. The molecule has 1 saturated carbocycles. The van der Waals surface area contributed by atoms with Crippen LogP contribution in [-0.4, -0.2) is 31.1 Å². The van der Waals surface area contributed by atoms with E-state index in [1.807, 2.05) is 6.92 Å². The number of amides is 1. The maximum Gasteiger partial charge on any atom is 0.352 e. The molecule has 3 aromatic rings. The van der Waals surface area contributed by atoms with Crippen molar-refractivity contribution in [3.05, 3.63) is 26.7 Å². The molecule has 8 heteroatoms. The summed E-state index contributed by atoms with van der Waals surface area (Å²) < 4.78 is 2.83. The number of thiophene rings is 1. The van der Waals surface area contributed by atoms with Crippen LogP contribution in [0.2, 0.25) is 0 Å². The molecule has 0 aliphatic heterocycles. The van der Waals surface area contributed by atoms with E-state index in [4.69, 9.17) is 0 Å². The largest absolute Gasteiger partial charge is 0.352 e. The zero-order valence-corrected chi connectivity index (χ0v) is 15.7. The molecule has 0 unspecified atom stereocenters. The average molecular weight is 371 g/mol. The van der Waals surface area contributed by atoms with Crippen molar-refractivity contribution in [2.45, 2.75) is 58.5 Å². The molecule has 0 saturated heterocycles. The van der Waals surface area contributed by atoms with Gasteiger partial charge in [0.15, 0.2) is 5.65 Å². The number of fused-ring (bicyclic) bond motifs is 5. The van der Waals surface area contributed by atoms with Crippen LogP contribution in [0.1, 0.15) is 42.5 Å². The van der Waals surface area contributed by atoms with Crippen LogP contribution in [0.5, 0.6) is 0 Å². The Balaban J connectivity index is 1.66. The zero-order valence-electron chi connectivity index (χ0n) is 14.9. The summed E-state index contributed by atoms with van der Waals surface area (Å²) in [6.07, 6.45) is 5.26. The number of aromatic nitrogens is 4. The van der Waals surface area contributed by atoms with Gasteiger partial charge in [-0.25, -0.2) is 18.9 Å². The van der Waals surface area contributed by atoms with Crippen molar-refractivity contribution < 1.29 is 4.79 Å². The first-order valence-corrected chi connectivity index (χ1v) is 10.0. The minimum absolute atomic E-state index is 0.0404. The number of carbonyl (C=O) groups excluding carboxylic acids is 1. The molecule has 5 rings (SSSR count). The molecule has 7 nitrogen and oxygen atoms in total. The Kier molecular flexibility index (Phi) is 3.47. The second kappa shape index (κ2) is 5.64. The predicted molar refractivity (Wildman–Crippen MR) is 99.7 cm³/mol. The fraction of sp³-hybridized carbons (Fsp3) is 0.556. The minimum Gasteiger partial charge on any atom is -0.352 e. The van der Waals surface area contributed by atoms with Crippen molar-refractivity contribution >= 4 is 33.1 Å². The monoisotopic (exact) mass is 371 g/mol. The van der Waals surface area contributed by atoms with Crippen LogP contribution in [0.3, 0.4) is 0 Å². The van der Waals surface area contributed by atoms with E-state index >= 15 is 0 Å². The van der Waals surface area contributed by atoms with E-state index in [9.17, 15) is 9.59 Å². The summed E-state index contributed by atoms with van der Waals surface area (Å²) in [5.41, 5.74) is 1.64. The lowest BCUT2D eigenvalue weighted by Gasteiger charge is -2.17. The molecule has 26 heavy (non-hydrogen) atoms. The van der Waals surface area contributed by atoms with Crippen molar-refractivity contribution in [3.8, 4) is 0 Å². The van der Waals surface area contributed by atoms with Gasteiger partial charge in [-0.2, -0.15) is 0 Å². The maximum absolute atomic E-state index is 12.8. The van der Waals surface area contributed by atoms with Crippen LogP contribution in [-0.2, 0) is 24.2 Å². The van der Waals surface area contributed by atoms with Gasteiger partial charge in [0, 0.05) is 10.9 Å². The van der Waals surface area contributed by atoms with Gasteiger partial charge in [0.05, 0.1) is 5.39 Å². The molecule has 0 spiro atoms. The molecule has 0 aromatic carbocycles. The Morgan fingerprint density at radius 1 is 1.35 bits per heavy atom. The molecule has 1 N–H and O–H groups in total. The number of hydrogen-bond acceptors (Lipinski definition) is 5. The van der Waals surface area contributed by atoms with Crippen LogP contribution in [0.4, 0.5) is 0 Å². The summed E-state index contributed by atoms with van der Waals surface area (Å²) in [6, 6.07) is 0.274. The van der Waals surface area contributed by atoms with Crippen LogP contribution >= 0.6 is 11.3 Å². The molecule has 1 atom stereocenters. The Morgan fingerprint density at radius 2 is 2.15 bits per heavy atom. The summed E-state index contributed by atoms with van der Waals surface area (Å²) in [7, 11) is 0. The second-order valence-electron chi connectivity index (χ2n) is 7.63. The molecule has 0 bridgehead atoms. The van der Waals surface area contributed by atoms with Crippen LogP contribution in [0, 0.1) is 12.8 Å². The quantitative estimate of drug-likeness (QED) is 0.761. The third-order valence-corrected chi connectivity index (χ3v) is 6.53. The number of rotatable bonds is 3. The highest BCUT2D eigenvalue weighted by Crippen LogP contribution is 2.38. The topological polar surface area (TPSA) is 81.3 Å². The normalized spacial score (nSPS) is 19.8. The molecule has 3 heterocycles. The standard InChI is InChI=1S/C18H21N5O2S/c1-9-3-6-12-13(7-9)26-17-15(12)16-21-22(8-14(24)20-11-4-5-11)18(25)23(16)10(2)19-17/h9,11H,3-8H2,1-2H3,(H,20,24)/t9-/m0/s1. The van der Waals surface area contributed by atoms with Gasteiger partial charge >= 0.3 is 5.69 Å².